The lowest BCUT2D eigenvalue weighted by Gasteiger charge is -2.34. The molecule has 1 aliphatic rings. The molecule has 2 unspecified atom stereocenters. The van der Waals surface area contributed by atoms with Crippen LogP contribution in [0.4, 0.5) is 4.39 Å². The topological polar surface area (TPSA) is 59.4 Å². The molecule has 1 aromatic heterocycles. The van der Waals surface area contributed by atoms with E-state index in [1.807, 2.05) is 11.5 Å². The summed E-state index contributed by atoms with van der Waals surface area (Å²) in [6.45, 7) is 5.18. The quantitative estimate of drug-likeness (QED) is 0.836. The highest BCUT2D eigenvalue weighted by Gasteiger charge is 2.33. The van der Waals surface area contributed by atoms with Crippen molar-refractivity contribution in [2.24, 2.45) is 0 Å². The predicted octanol–water partition coefficient (Wildman–Crippen LogP) is 1.75. The van der Waals surface area contributed by atoms with E-state index in [2.05, 4.69) is 15.2 Å². The van der Waals surface area contributed by atoms with Crippen molar-refractivity contribution >= 4 is 5.97 Å². The summed E-state index contributed by atoms with van der Waals surface area (Å²) in [5, 5.41) is 3.29. The Kier molecular flexibility index (Phi) is 5.45. The Morgan fingerprint density at radius 3 is 2.60 bits per heavy atom. The van der Waals surface area contributed by atoms with Crippen LogP contribution in [-0.2, 0) is 9.53 Å². The normalized spacial score (nSPS) is 17.9. The van der Waals surface area contributed by atoms with E-state index in [1.165, 1.54) is 19.2 Å². The molecule has 1 fully saturated rings. The average molecular weight is 346 g/mol. The first-order valence-electron chi connectivity index (χ1n) is 8.41. The van der Waals surface area contributed by atoms with E-state index in [4.69, 9.17) is 4.74 Å². The van der Waals surface area contributed by atoms with Crippen LogP contribution in [0.5, 0.6) is 0 Å². The molecule has 0 bridgehead atoms. The van der Waals surface area contributed by atoms with E-state index in [1.54, 1.807) is 24.7 Å². The van der Waals surface area contributed by atoms with Crippen LogP contribution in [-0.4, -0.2) is 53.7 Å². The van der Waals surface area contributed by atoms with E-state index >= 15 is 0 Å². The Labute approximate surface area is 146 Å². The molecule has 25 heavy (non-hydrogen) atoms. The van der Waals surface area contributed by atoms with Crippen molar-refractivity contribution in [1.82, 2.24) is 19.8 Å². The second-order valence-corrected chi connectivity index (χ2v) is 6.16. The van der Waals surface area contributed by atoms with Gasteiger partial charge in [-0.1, -0.05) is 12.1 Å². The largest absolute Gasteiger partial charge is 0.468 e. The maximum atomic E-state index is 13.2. The molecule has 6 nitrogen and oxygen atoms in total. The van der Waals surface area contributed by atoms with E-state index in [-0.39, 0.29) is 17.8 Å². The van der Waals surface area contributed by atoms with Gasteiger partial charge in [0.2, 0.25) is 0 Å². The van der Waals surface area contributed by atoms with Crippen molar-refractivity contribution in [3.63, 3.8) is 0 Å². The minimum absolute atomic E-state index is 0.0758. The zero-order valence-electron chi connectivity index (χ0n) is 14.5. The second-order valence-electron chi connectivity index (χ2n) is 6.16. The van der Waals surface area contributed by atoms with E-state index < -0.39 is 6.04 Å². The summed E-state index contributed by atoms with van der Waals surface area (Å²) in [6.07, 6.45) is 3.42. The Morgan fingerprint density at radius 2 is 1.96 bits per heavy atom. The fourth-order valence-electron chi connectivity index (χ4n) is 3.26. The number of aromatic nitrogens is 2. The molecule has 2 atom stereocenters. The molecule has 0 saturated carbocycles. The summed E-state index contributed by atoms with van der Waals surface area (Å²) >= 11 is 0. The van der Waals surface area contributed by atoms with Gasteiger partial charge < -0.3 is 14.6 Å². The number of hydrogen-bond donors (Lipinski definition) is 1. The molecule has 1 saturated heterocycles. The van der Waals surface area contributed by atoms with Crippen LogP contribution >= 0.6 is 0 Å². The Balaban J connectivity index is 1.94. The molecule has 1 aromatic carbocycles. The van der Waals surface area contributed by atoms with E-state index in [9.17, 15) is 9.18 Å². The first-order chi connectivity index (χ1) is 12.1. The smallest absolute Gasteiger partial charge is 0.329 e. The molecule has 0 amide bonds. The van der Waals surface area contributed by atoms with Crippen LogP contribution in [0.15, 0.2) is 36.8 Å². The van der Waals surface area contributed by atoms with Gasteiger partial charge in [-0.2, -0.15) is 0 Å². The minimum Gasteiger partial charge on any atom is -0.468 e. The number of halogens is 1. The van der Waals surface area contributed by atoms with Gasteiger partial charge in [-0.05, 0) is 24.6 Å². The summed E-state index contributed by atoms with van der Waals surface area (Å²) in [5.41, 5.74) is 1.73. The van der Waals surface area contributed by atoms with Gasteiger partial charge in [0.15, 0.2) is 6.04 Å². The van der Waals surface area contributed by atoms with Crippen LogP contribution in [0.2, 0.25) is 0 Å². The Hall–Kier alpha value is -2.25. The number of rotatable bonds is 5. The van der Waals surface area contributed by atoms with Crippen LogP contribution in [0.25, 0.3) is 0 Å². The number of benzene rings is 1. The average Bonchev–Trinajstić information content (AvgIpc) is 3.12. The zero-order valence-corrected chi connectivity index (χ0v) is 14.5. The van der Waals surface area contributed by atoms with E-state index in [0.717, 1.165) is 37.4 Å². The Bertz CT molecular complexity index is 710. The van der Waals surface area contributed by atoms with Gasteiger partial charge in [0.25, 0.3) is 0 Å². The van der Waals surface area contributed by atoms with Gasteiger partial charge in [0.1, 0.15) is 5.82 Å². The van der Waals surface area contributed by atoms with Crippen molar-refractivity contribution in [2.75, 3.05) is 33.3 Å². The lowest BCUT2D eigenvalue weighted by Crippen LogP contribution is -2.48. The third kappa shape index (κ3) is 3.72. The fraction of sp³-hybridized carbons (Fsp3) is 0.444. The SMILES string of the molecule is COC(=O)C(c1cncn1C(C)c1ccc(F)cc1)N1CCNCC1. The molecule has 0 spiro atoms. The molecular weight excluding hydrogens is 323 g/mol. The van der Waals surface area contributed by atoms with Crippen molar-refractivity contribution in [2.45, 2.75) is 19.0 Å². The predicted molar refractivity (Wildman–Crippen MR) is 91.6 cm³/mol. The molecule has 1 N–H and O–H groups in total. The van der Waals surface area contributed by atoms with Crippen LogP contribution in [0.1, 0.15) is 30.3 Å². The van der Waals surface area contributed by atoms with Crippen molar-refractivity contribution in [3.8, 4) is 0 Å². The molecule has 0 radical (unpaired) electrons. The maximum absolute atomic E-state index is 13.2. The molecule has 0 aliphatic carbocycles. The molecule has 3 rings (SSSR count). The summed E-state index contributed by atoms with van der Waals surface area (Å²) in [4.78, 5) is 18.9. The van der Waals surface area contributed by atoms with Crippen molar-refractivity contribution in [3.05, 3.63) is 53.9 Å². The summed E-state index contributed by atoms with van der Waals surface area (Å²) < 4.78 is 20.2. The number of hydrogen-bond acceptors (Lipinski definition) is 5. The van der Waals surface area contributed by atoms with Crippen molar-refractivity contribution < 1.29 is 13.9 Å². The standard InChI is InChI=1S/C18H23FN4O2/c1-13(14-3-5-15(19)6-4-14)23-12-21-11-16(23)17(18(24)25-2)22-9-7-20-8-10-22/h3-6,11-13,17,20H,7-10H2,1-2H3. The van der Waals surface area contributed by atoms with Gasteiger partial charge in [0.05, 0.1) is 31.4 Å². The summed E-state index contributed by atoms with van der Waals surface area (Å²) in [6, 6.07) is 5.81. The van der Waals surface area contributed by atoms with E-state index in [0.29, 0.717) is 0 Å². The number of carbonyl (C=O) groups excluding carboxylic acids is 1. The highest BCUT2D eigenvalue weighted by Crippen LogP contribution is 2.27. The molecule has 7 heteroatoms. The monoisotopic (exact) mass is 346 g/mol. The van der Waals surface area contributed by atoms with Crippen LogP contribution in [0, 0.1) is 5.82 Å². The first-order valence-corrected chi connectivity index (χ1v) is 8.41. The van der Waals surface area contributed by atoms with Gasteiger partial charge in [0, 0.05) is 26.2 Å². The molecule has 134 valence electrons. The second kappa shape index (κ2) is 7.76. The summed E-state index contributed by atoms with van der Waals surface area (Å²) in [7, 11) is 1.40. The number of nitrogens with one attached hydrogen (secondary N) is 1. The number of esters is 1. The number of piperazine rings is 1. The van der Waals surface area contributed by atoms with Crippen LogP contribution < -0.4 is 5.32 Å². The van der Waals surface area contributed by atoms with Crippen LogP contribution in [0.3, 0.4) is 0 Å². The number of nitrogens with zero attached hydrogens (tertiary/aromatic N) is 3. The third-order valence-electron chi connectivity index (χ3n) is 4.69. The molecule has 1 aliphatic heterocycles. The third-order valence-corrected chi connectivity index (χ3v) is 4.69. The lowest BCUT2D eigenvalue weighted by molar-refractivity contribution is -0.147. The van der Waals surface area contributed by atoms with Gasteiger partial charge in [-0.15, -0.1) is 0 Å². The van der Waals surface area contributed by atoms with Crippen molar-refractivity contribution in [1.29, 1.82) is 0 Å². The Morgan fingerprint density at radius 1 is 1.28 bits per heavy atom. The fourth-order valence-corrected chi connectivity index (χ4v) is 3.26. The number of carbonyl (C=O) groups is 1. The van der Waals surface area contributed by atoms with Gasteiger partial charge >= 0.3 is 5.97 Å². The van der Waals surface area contributed by atoms with Gasteiger partial charge in [-0.25, -0.2) is 14.2 Å². The molecular formula is C18H23FN4O2. The molecule has 2 heterocycles. The van der Waals surface area contributed by atoms with Gasteiger partial charge in [-0.3, -0.25) is 4.90 Å². The number of imidazole rings is 1. The first kappa shape index (κ1) is 17.6. The summed E-state index contributed by atoms with van der Waals surface area (Å²) in [5.74, 6) is -0.565. The minimum atomic E-state index is -0.502. The highest BCUT2D eigenvalue weighted by atomic mass is 19.1. The lowest BCUT2D eigenvalue weighted by atomic mass is 10.1. The maximum Gasteiger partial charge on any atom is 0.329 e. The number of methoxy groups -OCH3 is 1. The zero-order chi connectivity index (χ0) is 17.8. The highest BCUT2D eigenvalue weighted by molar-refractivity contribution is 5.77. The molecule has 2 aromatic rings. The number of ether oxygens (including phenoxy) is 1.